The third-order valence-electron chi connectivity index (χ3n) is 3.57. The van der Waals surface area contributed by atoms with Gasteiger partial charge in [0.2, 0.25) is 5.91 Å². The molecule has 1 aliphatic heterocycles. The molecule has 1 aromatic carbocycles. The summed E-state index contributed by atoms with van der Waals surface area (Å²) in [6.07, 6.45) is 0.571. The Kier molecular flexibility index (Phi) is 5.96. The predicted octanol–water partition coefficient (Wildman–Crippen LogP) is 2.28. The van der Waals surface area contributed by atoms with Crippen molar-refractivity contribution in [2.24, 2.45) is 5.92 Å². The number of halogens is 2. The Morgan fingerprint density at radius 2 is 2.38 bits per heavy atom. The maximum absolute atomic E-state index is 13.7. The van der Waals surface area contributed by atoms with Crippen molar-refractivity contribution >= 4 is 17.5 Å². The largest absolute Gasteiger partial charge is 0.372 e. The SMILES string of the molecule is CC(=O)NCCC1CNCCOC1c1ccc(Cl)c(F)c1. The molecule has 6 heteroatoms. The summed E-state index contributed by atoms with van der Waals surface area (Å²) in [5.74, 6) is -0.318. The van der Waals surface area contributed by atoms with Crippen LogP contribution >= 0.6 is 11.6 Å². The summed E-state index contributed by atoms with van der Waals surface area (Å²) in [5, 5.41) is 6.20. The van der Waals surface area contributed by atoms with Crippen molar-refractivity contribution in [2.75, 3.05) is 26.2 Å². The van der Waals surface area contributed by atoms with E-state index in [9.17, 15) is 9.18 Å². The Morgan fingerprint density at radius 1 is 1.57 bits per heavy atom. The standard InChI is InChI=1S/C15H20ClFN2O2/c1-10(20)19-5-4-12-9-18-6-7-21-15(12)11-2-3-13(16)14(17)8-11/h2-3,8,12,15,18H,4-7,9H2,1H3,(H,19,20). The first-order valence-corrected chi connectivity index (χ1v) is 7.47. The van der Waals surface area contributed by atoms with Crippen molar-refractivity contribution < 1.29 is 13.9 Å². The van der Waals surface area contributed by atoms with E-state index in [2.05, 4.69) is 10.6 Å². The molecule has 2 rings (SSSR count). The smallest absolute Gasteiger partial charge is 0.216 e. The van der Waals surface area contributed by atoms with Gasteiger partial charge in [0.1, 0.15) is 5.82 Å². The van der Waals surface area contributed by atoms with E-state index in [1.807, 2.05) is 0 Å². The number of hydrogen-bond donors (Lipinski definition) is 2. The molecule has 0 bridgehead atoms. The number of carbonyl (C=O) groups excluding carboxylic acids is 1. The number of amides is 1. The van der Waals surface area contributed by atoms with Crippen molar-refractivity contribution in [2.45, 2.75) is 19.4 Å². The zero-order valence-corrected chi connectivity index (χ0v) is 12.8. The minimum atomic E-state index is -0.435. The fourth-order valence-corrected chi connectivity index (χ4v) is 2.65. The molecule has 2 N–H and O–H groups in total. The molecule has 1 amide bonds. The molecule has 0 spiro atoms. The van der Waals surface area contributed by atoms with Gasteiger partial charge in [-0.3, -0.25) is 4.79 Å². The third-order valence-corrected chi connectivity index (χ3v) is 3.88. The first-order valence-electron chi connectivity index (χ1n) is 7.09. The summed E-state index contributed by atoms with van der Waals surface area (Å²) in [6.45, 7) is 4.19. The van der Waals surface area contributed by atoms with E-state index < -0.39 is 5.82 Å². The first-order chi connectivity index (χ1) is 10.1. The molecule has 0 saturated carbocycles. The molecule has 0 aliphatic carbocycles. The van der Waals surface area contributed by atoms with Crippen LogP contribution in [0, 0.1) is 11.7 Å². The summed E-state index contributed by atoms with van der Waals surface area (Å²) in [4.78, 5) is 11.0. The molecule has 1 saturated heterocycles. The van der Waals surface area contributed by atoms with Gasteiger partial charge in [0, 0.05) is 32.5 Å². The van der Waals surface area contributed by atoms with Gasteiger partial charge in [0.15, 0.2) is 0 Å². The second kappa shape index (κ2) is 7.73. The summed E-state index contributed by atoms with van der Waals surface area (Å²) < 4.78 is 19.5. The highest BCUT2D eigenvalue weighted by atomic mass is 35.5. The summed E-state index contributed by atoms with van der Waals surface area (Å²) >= 11 is 5.73. The van der Waals surface area contributed by atoms with Crippen molar-refractivity contribution in [1.82, 2.24) is 10.6 Å². The zero-order chi connectivity index (χ0) is 15.2. The van der Waals surface area contributed by atoms with Gasteiger partial charge in [0.05, 0.1) is 17.7 Å². The van der Waals surface area contributed by atoms with E-state index in [1.165, 1.54) is 13.0 Å². The minimum absolute atomic E-state index is 0.0495. The lowest BCUT2D eigenvalue weighted by molar-refractivity contribution is -0.119. The molecular formula is C15H20ClFN2O2. The average molecular weight is 315 g/mol. The van der Waals surface area contributed by atoms with E-state index >= 15 is 0 Å². The van der Waals surface area contributed by atoms with E-state index in [4.69, 9.17) is 16.3 Å². The fourth-order valence-electron chi connectivity index (χ4n) is 2.53. The number of nitrogens with one attached hydrogen (secondary N) is 2. The molecule has 1 aliphatic rings. The Bertz CT molecular complexity index is 499. The molecule has 2 unspecified atom stereocenters. The number of hydrogen-bond acceptors (Lipinski definition) is 3. The third kappa shape index (κ3) is 4.66. The lowest BCUT2D eigenvalue weighted by Crippen LogP contribution is -2.29. The highest BCUT2D eigenvalue weighted by Gasteiger charge is 2.26. The molecule has 1 aromatic rings. The average Bonchev–Trinajstić information content (AvgIpc) is 2.67. The van der Waals surface area contributed by atoms with Crippen LogP contribution in [0.15, 0.2) is 18.2 Å². The molecule has 21 heavy (non-hydrogen) atoms. The molecular weight excluding hydrogens is 295 g/mol. The highest BCUT2D eigenvalue weighted by molar-refractivity contribution is 6.30. The monoisotopic (exact) mass is 314 g/mol. The van der Waals surface area contributed by atoms with Gasteiger partial charge in [-0.1, -0.05) is 17.7 Å². The van der Waals surface area contributed by atoms with E-state index in [0.29, 0.717) is 13.2 Å². The molecule has 2 atom stereocenters. The van der Waals surface area contributed by atoms with Gasteiger partial charge in [0.25, 0.3) is 0 Å². The van der Waals surface area contributed by atoms with Crippen LogP contribution < -0.4 is 10.6 Å². The number of carbonyl (C=O) groups is 1. The summed E-state index contributed by atoms with van der Waals surface area (Å²) in [5.41, 5.74) is 0.786. The lowest BCUT2D eigenvalue weighted by atomic mass is 9.92. The van der Waals surface area contributed by atoms with Gasteiger partial charge < -0.3 is 15.4 Å². The Balaban J connectivity index is 2.10. The van der Waals surface area contributed by atoms with Gasteiger partial charge in [-0.2, -0.15) is 0 Å². The predicted molar refractivity (Wildman–Crippen MR) is 79.8 cm³/mol. The van der Waals surface area contributed by atoms with Crippen LogP contribution in [-0.4, -0.2) is 32.1 Å². The van der Waals surface area contributed by atoms with Gasteiger partial charge in [-0.15, -0.1) is 0 Å². The van der Waals surface area contributed by atoms with Crippen LogP contribution in [0.25, 0.3) is 0 Å². The molecule has 0 radical (unpaired) electrons. The minimum Gasteiger partial charge on any atom is -0.372 e. The first kappa shape index (κ1) is 16.2. The molecule has 1 heterocycles. The lowest BCUT2D eigenvalue weighted by Gasteiger charge is -2.25. The normalized spacial score (nSPS) is 22.6. The van der Waals surface area contributed by atoms with Gasteiger partial charge in [-0.05, 0) is 24.1 Å². The van der Waals surface area contributed by atoms with Crippen molar-refractivity contribution in [3.8, 4) is 0 Å². The number of ether oxygens (including phenoxy) is 1. The second-order valence-corrected chi connectivity index (χ2v) is 5.61. The van der Waals surface area contributed by atoms with Gasteiger partial charge in [-0.25, -0.2) is 4.39 Å². The van der Waals surface area contributed by atoms with Crippen LogP contribution in [0.1, 0.15) is 25.0 Å². The quantitative estimate of drug-likeness (QED) is 0.896. The van der Waals surface area contributed by atoms with E-state index in [-0.39, 0.29) is 23.0 Å². The summed E-state index contributed by atoms with van der Waals surface area (Å²) in [7, 11) is 0. The highest BCUT2D eigenvalue weighted by Crippen LogP contribution is 2.31. The molecule has 0 aromatic heterocycles. The van der Waals surface area contributed by atoms with Crippen LogP contribution in [0.4, 0.5) is 4.39 Å². The molecule has 4 nitrogen and oxygen atoms in total. The maximum atomic E-state index is 13.7. The van der Waals surface area contributed by atoms with Gasteiger partial charge >= 0.3 is 0 Å². The maximum Gasteiger partial charge on any atom is 0.216 e. The molecule has 116 valence electrons. The van der Waals surface area contributed by atoms with Crippen LogP contribution in [0.2, 0.25) is 5.02 Å². The molecule has 1 fully saturated rings. The summed E-state index contributed by atoms with van der Waals surface area (Å²) in [6, 6.07) is 4.79. The van der Waals surface area contributed by atoms with Crippen LogP contribution in [0.5, 0.6) is 0 Å². The van der Waals surface area contributed by atoms with Crippen LogP contribution in [-0.2, 0) is 9.53 Å². The van der Waals surface area contributed by atoms with Crippen molar-refractivity contribution in [1.29, 1.82) is 0 Å². The second-order valence-electron chi connectivity index (χ2n) is 5.20. The van der Waals surface area contributed by atoms with Crippen molar-refractivity contribution in [3.05, 3.63) is 34.6 Å². The van der Waals surface area contributed by atoms with Crippen LogP contribution in [0.3, 0.4) is 0 Å². The van der Waals surface area contributed by atoms with E-state index in [1.54, 1.807) is 12.1 Å². The number of rotatable bonds is 4. The fraction of sp³-hybridized carbons (Fsp3) is 0.533. The Hall–Kier alpha value is -1.17. The van der Waals surface area contributed by atoms with Crippen molar-refractivity contribution in [3.63, 3.8) is 0 Å². The zero-order valence-electron chi connectivity index (χ0n) is 12.0. The van der Waals surface area contributed by atoms with E-state index in [0.717, 1.165) is 25.1 Å². The topological polar surface area (TPSA) is 50.4 Å². The Labute approximate surface area is 129 Å². The Morgan fingerprint density at radius 3 is 3.10 bits per heavy atom. The number of benzene rings is 1.